The topological polar surface area (TPSA) is 71.7 Å². The van der Waals surface area contributed by atoms with Gasteiger partial charge in [-0.2, -0.15) is 0 Å². The molecule has 3 rings (SSSR count). The van der Waals surface area contributed by atoms with Crippen LogP contribution >= 0.6 is 0 Å². The maximum atomic E-state index is 12.9. The number of hydrogen-bond acceptors (Lipinski definition) is 4. The van der Waals surface area contributed by atoms with Crippen molar-refractivity contribution in [2.75, 3.05) is 6.54 Å². The zero-order valence-electron chi connectivity index (χ0n) is 14.2. The van der Waals surface area contributed by atoms with Crippen molar-refractivity contribution in [2.24, 2.45) is 0 Å². The van der Waals surface area contributed by atoms with Crippen LogP contribution in [0.25, 0.3) is 0 Å². The Labute approximate surface area is 154 Å². The molecule has 0 aliphatic carbocycles. The van der Waals surface area contributed by atoms with Gasteiger partial charge in [0.05, 0.1) is 6.10 Å². The van der Waals surface area contributed by atoms with E-state index in [0.717, 1.165) is 0 Å². The van der Waals surface area contributed by atoms with Gasteiger partial charge >= 0.3 is 0 Å². The fraction of sp³-hybridized carbons (Fsp3) is 0.150. The number of benzene rings is 2. The molecule has 0 radical (unpaired) electrons. The van der Waals surface area contributed by atoms with E-state index in [1.807, 2.05) is 0 Å². The van der Waals surface area contributed by atoms with Crippen LogP contribution in [0.4, 0.5) is 8.78 Å². The normalized spacial score (nSPS) is 11.8. The third-order valence-corrected chi connectivity index (χ3v) is 3.79. The van der Waals surface area contributed by atoms with E-state index >= 15 is 0 Å². The van der Waals surface area contributed by atoms with Gasteiger partial charge in [0.1, 0.15) is 29.8 Å². The lowest BCUT2D eigenvalue weighted by molar-refractivity contribution is 0.0885. The summed E-state index contributed by atoms with van der Waals surface area (Å²) in [6.45, 7) is 0.0314. The molecule has 0 aliphatic rings. The molecule has 0 aliphatic heterocycles. The number of carbonyl (C=O) groups is 1. The molecule has 2 N–H and O–H groups in total. The lowest BCUT2D eigenvalue weighted by Crippen LogP contribution is -2.28. The van der Waals surface area contributed by atoms with Gasteiger partial charge in [0, 0.05) is 6.54 Å². The second-order valence-electron chi connectivity index (χ2n) is 5.79. The first-order valence-corrected chi connectivity index (χ1v) is 8.20. The summed E-state index contributed by atoms with van der Waals surface area (Å²) in [5.74, 6) is -0.295. The third-order valence-electron chi connectivity index (χ3n) is 3.79. The average Bonchev–Trinajstić information content (AvgIpc) is 3.15. The highest BCUT2D eigenvalue weighted by Crippen LogP contribution is 2.16. The summed E-state index contributed by atoms with van der Waals surface area (Å²) in [7, 11) is 0. The fourth-order valence-corrected chi connectivity index (χ4v) is 2.34. The molecule has 140 valence electrons. The summed E-state index contributed by atoms with van der Waals surface area (Å²) < 4.78 is 36.6. The molecule has 0 fully saturated rings. The number of ether oxygens (including phenoxy) is 1. The van der Waals surface area contributed by atoms with E-state index in [-0.39, 0.29) is 24.7 Å². The van der Waals surface area contributed by atoms with E-state index in [2.05, 4.69) is 5.32 Å². The van der Waals surface area contributed by atoms with E-state index in [1.165, 1.54) is 54.6 Å². The number of rotatable bonds is 7. The number of aliphatic hydroxyl groups is 1. The van der Waals surface area contributed by atoms with Crippen molar-refractivity contribution in [1.29, 1.82) is 0 Å². The Balaban J connectivity index is 1.50. The number of carbonyl (C=O) groups excluding carboxylic acids is 1. The molecule has 1 heterocycles. The fourth-order valence-electron chi connectivity index (χ4n) is 2.34. The summed E-state index contributed by atoms with van der Waals surface area (Å²) >= 11 is 0. The van der Waals surface area contributed by atoms with Crippen LogP contribution in [-0.4, -0.2) is 17.6 Å². The molecule has 5 nitrogen and oxygen atoms in total. The summed E-state index contributed by atoms with van der Waals surface area (Å²) in [5, 5.41) is 12.6. The Hall–Kier alpha value is -3.19. The quantitative estimate of drug-likeness (QED) is 0.664. The van der Waals surface area contributed by atoms with Crippen molar-refractivity contribution in [1.82, 2.24) is 5.32 Å². The van der Waals surface area contributed by atoms with E-state index in [9.17, 15) is 18.7 Å². The number of halogens is 2. The highest BCUT2D eigenvalue weighted by atomic mass is 19.1. The van der Waals surface area contributed by atoms with Crippen molar-refractivity contribution in [3.8, 4) is 5.75 Å². The number of nitrogens with one attached hydrogen (secondary N) is 1. The lowest BCUT2D eigenvalue weighted by Gasteiger charge is -2.11. The first-order chi connectivity index (χ1) is 13.0. The lowest BCUT2D eigenvalue weighted by atomic mass is 10.1. The van der Waals surface area contributed by atoms with Crippen LogP contribution in [0.5, 0.6) is 5.75 Å². The number of furan rings is 1. The molecular formula is C20H17F2NO4. The Bertz CT molecular complexity index is 891. The highest BCUT2D eigenvalue weighted by molar-refractivity contribution is 5.91. The Morgan fingerprint density at radius 2 is 1.63 bits per heavy atom. The maximum absolute atomic E-state index is 12.9. The van der Waals surface area contributed by atoms with Crippen LogP contribution in [0.1, 0.15) is 28.0 Å². The van der Waals surface area contributed by atoms with Gasteiger partial charge in [-0.1, -0.05) is 12.1 Å². The molecule has 27 heavy (non-hydrogen) atoms. The van der Waals surface area contributed by atoms with Gasteiger partial charge < -0.3 is 19.6 Å². The molecule has 0 saturated heterocycles. The van der Waals surface area contributed by atoms with E-state index < -0.39 is 17.8 Å². The Morgan fingerprint density at radius 3 is 2.30 bits per heavy atom. The van der Waals surface area contributed by atoms with Crippen molar-refractivity contribution in [3.05, 3.63) is 89.4 Å². The highest BCUT2D eigenvalue weighted by Gasteiger charge is 2.14. The number of amides is 1. The SMILES string of the molecule is O=C(NCC(O)c1ccc(F)cc1)c1ccc(COc2ccc(F)cc2)o1. The maximum Gasteiger partial charge on any atom is 0.287 e. The van der Waals surface area contributed by atoms with Crippen molar-refractivity contribution < 1.29 is 27.8 Å². The minimum Gasteiger partial charge on any atom is -0.486 e. The molecule has 1 aromatic heterocycles. The molecule has 0 saturated carbocycles. The van der Waals surface area contributed by atoms with Gasteiger partial charge in [-0.3, -0.25) is 4.79 Å². The van der Waals surface area contributed by atoms with Crippen molar-refractivity contribution in [3.63, 3.8) is 0 Å². The standard InChI is InChI=1S/C20H17F2NO4/c21-14-3-1-13(2-4-14)18(24)11-23-20(25)19-10-9-17(27-19)12-26-16-7-5-15(22)6-8-16/h1-10,18,24H,11-12H2,(H,23,25). The molecule has 3 aromatic rings. The zero-order chi connectivity index (χ0) is 19.2. The summed E-state index contributed by atoms with van der Waals surface area (Å²) in [6.07, 6.45) is -0.967. The molecule has 0 bridgehead atoms. The Kier molecular flexibility index (Phi) is 5.83. The minimum absolute atomic E-state index is 0.0490. The second kappa shape index (κ2) is 8.46. The van der Waals surface area contributed by atoms with Gasteiger partial charge in [0.2, 0.25) is 0 Å². The number of aliphatic hydroxyl groups excluding tert-OH is 1. The second-order valence-corrected chi connectivity index (χ2v) is 5.79. The monoisotopic (exact) mass is 373 g/mol. The average molecular weight is 373 g/mol. The van der Waals surface area contributed by atoms with Gasteiger partial charge in [-0.15, -0.1) is 0 Å². The smallest absolute Gasteiger partial charge is 0.287 e. The molecule has 1 amide bonds. The van der Waals surface area contributed by atoms with Crippen LogP contribution in [0, 0.1) is 11.6 Å². The Morgan fingerprint density at radius 1 is 1.00 bits per heavy atom. The first-order valence-electron chi connectivity index (χ1n) is 8.20. The largest absolute Gasteiger partial charge is 0.486 e. The van der Waals surface area contributed by atoms with Crippen LogP contribution in [0.3, 0.4) is 0 Å². The van der Waals surface area contributed by atoms with Gasteiger partial charge in [0.15, 0.2) is 5.76 Å². The summed E-state index contributed by atoms with van der Waals surface area (Å²) in [6, 6.07) is 14.0. The van der Waals surface area contributed by atoms with Crippen LogP contribution in [0.15, 0.2) is 65.1 Å². The van der Waals surface area contributed by atoms with Gasteiger partial charge in [0.25, 0.3) is 5.91 Å². The van der Waals surface area contributed by atoms with E-state index in [4.69, 9.17) is 9.15 Å². The van der Waals surface area contributed by atoms with Crippen LogP contribution in [0.2, 0.25) is 0 Å². The summed E-state index contributed by atoms with van der Waals surface area (Å²) in [4.78, 5) is 12.1. The molecular weight excluding hydrogens is 356 g/mol. The van der Waals surface area contributed by atoms with Crippen molar-refractivity contribution >= 4 is 5.91 Å². The molecule has 1 unspecified atom stereocenters. The molecule has 1 atom stereocenters. The van der Waals surface area contributed by atoms with Crippen LogP contribution < -0.4 is 10.1 Å². The molecule has 2 aromatic carbocycles. The molecule has 0 spiro atoms. The minimum atomic E-state index is -0.967. The summed E-state index contributed by atoms with van der Waals surface area (Å²) in [5.41, 5.74) is 0.490. The van der Waals surface area contributed by atoms with Crippen LogP contribution in [-0.2, 0) is 6.61 Å². The first kappa shape index (κ1) is 18.6. The van der Waals surface area contributed by atoms with E-state index in [1.54, 1.807) is 6.07 Å². The molecule has 7 heteroatoms. The number of hydrogen-bond donors (Lipinski definition) is 2. The van der Waals surface area contributed by atoms with Crippen molar-refractivity contribution in [2.45, 2.75) is 12.7 Å². The van der Waals surface area contributed by atoms with Gasteiger partial charge in [-0.05, 0) is 54.1 Å². The third kappa shape index (κ3) is 5.15. The van der Waals surface area contributed by atoms with E-state index in [0.29, 0.717) is 17.1 Å². The predicted molar refractivity (Wildman–Crippen MR) is 93.1 cm³/mol. The zero-order valence-corrected chi connectivity index (χ0v) is 14.2. The predicted octanol–water partition coefficient (Wildman–Crippen LogP) is 3.60. The van der Waals surface area contributed by atoms with Gasteiger partial charge in [-0.25, -0.2) is 8.78 Å².